The third kappa shape index (κ3) is 5.77. The molecule has 1 N–H and O–H groups in total. The van der Waals surface area contributed by atoms with Gasteiger partial charge in [-0.15, -0.1) is 11.8 Å². The molecule has 0 saturated heterocycles. The summed E-state index contributed by atoms with van der Waals surface area (Å²) in [5.41, 5.74) is 0.330. The van der Waals surface area contributed by atoms with Gasteiger partial charge in [0.05, 0.1) is 26.3 Å². The standard InChI is InChI=1S/C16H13ClN2O5S/c17-11-5-1-2-6-12(11)18-15(20)9-24-16(21)10-25-14-8-4-3-7-13(14)19(22)23/h1-8H,9-10H2,(H,18,20). The molecule has 7 nitrogen and oxygen atoms in total. The fraction of sp³-hybridized carbons (Fsp3) is 0.125. The van der Waals surface area contributed by atoms with Gasteiger partial charge in [0.15, 0.2) is 6.61 Å². The number of anilines is 1. The molecule has 0 aliphatic rings. The predicted octanol–water partition coefficient (Wildman–Crippen LogP) is 3.52. The van der Waals surface area contributed by atoms with Gasteiger partial charge in [-0.25, -0.2) is 0 Å². The van der Waals surface area contributed by atoms with Gasteiger partial charge in [-0.1, -0.05) is 35.9 Å². The molecule has 0 aliphatic heterocycles. The number of thioether (sulfide) groups is 1. The lowest BCUT2D eigenvalue weighted by Crippen LogP contribution is -2.21. The average molecular weight is 381 g/mol. The van der Waals surface area contributed by atoms with Crippen molar-refractivity contribution in [1.82, 2.24) is 0 Å². The molecule has 0 aliphatic carbocycles. The van der Waals surface area contributed by atoms with Gasteiger partial charge in [0.25, 0.3) is 11.6 Å². The summed E-state index contributed by atoms with van der Waals surface area (Å²) in [6.07, 6.45) is 0. The second-order valence-corrected chi connectivity index (χ2v) is 6.13. The number of carbonyl (C=O) groups excluding carboxylic acids is 2. The molecule has 0 fully saturated rings. The Kier molecular flexibility index (Phi) is 6.79. The van der Waals surface area contributed by atoms with Crippen LogP contribution in [0.2, 0.25) is 5.02 Å². The number of nitro benzene ring substituents is 1. The van der Waals surface area contributed by atoms with Crippen LogP contribution in [0.15, 0.2) is 53.4 Å². The molecule has 0 bridgehead atoms. The van der Waals surface area contributed by atoms with Crippen LogP contribution in [0.5, 0.6) is 0 Å². The summed E-state index contributed by atoms with van der Waals surface area (Å²) in [6.45, 7) is -0.471. The van der Waals surface area contributed by atoms with Crippen LogP contribution < -0.4 is 5.32 Å². The van der Waals surface area contributed by atoms with Crippen molar-refractivity contribution in [3.8, 4) is 0 Å². The molecule has 0 spiro atoms. The largest absolute Gasteiger partial charge is 0.455 e. The molecular formula is C16H13ClN2O5S. The van der Waals surface area contributed by atoms with Crippen LogP contribution in [0.1, 0.15) is 0 Å². The number of nitro groups is 1. The molecule has 0 heterocycles. The highest BCUT2D eigenvalue weighted by Crippen LogP contribution is 2.28. The summed E-state index contributed by atoms with van der Waals surface area (Å²) in [6, 6.07) is 12.7. The Hall–Kier alpha value is -2.58. The molecule has 0 radical (unpaired) electrons. The van der Waals surface area contributed by atoms with E-state index in [9.17, 15) is 19.7 Å². The fourth-order valence-electron chi connectivity index (χ4n) is 1.80. The van der Waals surface area contributed by atoms with Gasteiger partial charge in [-0.05, 0) is 18.2 Å². The van der Waals surface area contributed by atoms with Crippen LogP contribution in [-0.4, -0.2) is 29.2 Å². The van der Waals surface area contributed by atoms with Crippen LogP contribution in [0.4, 0.5) is 11.4 Å². The normalized spacial score (nSPS) is 10.1. The van der Waals surface area contributed by atoms with Crippen molar-refractivity contribution in [1.29, 1.82) is 0 Å². The maximum Gasteiger partial charge on any atom is 0.316 e. The Labute approximate surface area is 152 Å². The summed E-state index contributed by atoms with van der Waals surface area (Å²) in [5, 5.41) is 13.8. The van der Waals surface area contributed by atoms with E-state index in [0.29, 0.717) is 15.6 Å². The number of amides is 1. The zero-order valence-electron chi connectivity index (χ0n) is 12.8. The summed E-state index contributed by atoms with van der Waals surface area (Å²) in [7, 11) is 0. The van der Waals surface area contributed by atoms with E-state index < -0.39 is 23.4 Å². The van der Waals surface area contributed by atoms with E-state index in [1.54, 1.807) is 42.5 Å². The number of hydrogen-bond donors (Lipinski definition) is 1. The lowest BCUT2D eigenvalue weighted by Gasteiger charge is -2.08. The van der Waals surface area contributed by atoms with Gasteiger partial charge in [-0.3, -0.25) is 19.7 Å². The maximum absolute atomic E-state index is 11.7. The number of halogens is 1. The van der Waals surface area contributed by atoms with Crippen molar-refractivity contribution in [2.75, 3.05) is 17.7 Å². The highest BCUT2D eigenvalue weighted by Gasteiger charge is 2.15. The number of ether oxygens (including phenoxy) is 1. The molecule has 2 aromatic rings. The topological polar surface area (TPSA) is 98.5 Å². The van der Waals surface area contributed by atoms with Crippen LogP contribution in [0, 0.1) is 10.1 Å². The first-order chi connectivity index (χ1) is 12.0. The molecule has 25 heavy (non-hydrogen) atoms. The van der Waals surface area contributed by atoms with Crippen molar-refractivity contribution in [2.24, 2.45) is 0 Å². The number of hydrogen-bond acceptors (Lipinski definition) is 6. The highest BCUT2D eigenvalue weighted by atomic mass is 35.5. The second-order valence-electron chi connectivity index (χ2n) is 4.70. The van der Waals surface area contributed by atoms with Crippen LogP contribution >= 0.6 is 23.4 Å². The van der Waals surface area contributed by atoms with E-state index in [1.807, 2.05) is 0 Å². The second kappa shape index (κ2) is 9.05. The van der Waals surface area contributed by atoms with E-state index in [4.69, 9.17) is 16.3 Å². The summed E-state index contributed by atoms with van der Waals surface area (Å²) >= 11 is 6.88. The number of rotatable bonds is 7. The smallest absolute Gasteiger partial charge is 0.316 e. The van der Waals surface area contributed by atoms with Crippen molar-refractivity contribution >= 4 is 46.6 Å². The molecule has 1 amide bonds. The molecule has 9 heteroatoms. The zero-order valence-corrected chi connectivity index (χ0v) is 14.4. The number of carbonyl (C=O) groups is 2. The minimum Gasteiger partial charge on any atom is -0.455 e. The van der Waals surface area contributed by atoms with Crippen molar-refractivity contribution < 1.29 is 19.2 Å². The van der Waals surface area contributed by atoms with E-state index in [1.165, 1.54) is 6.07 Å². The molecule has 2 rings (SSSR count). The number of esters is 1. The van der Waals surface area contributed by atoms with Gasteiger partial charge < -0.3 is 10.1 Å². The molecular weight excluding hydrogens is 368 g/mol. The third-order valence-corrected chi connectivity index (χ3v) is 4.29. The van der Waals surface area contributed by atoms with E-state index >= 15 is 0 Å². The third-order valence-electron chi connectivity index (χ3n) is 2.92. The van der Waals surface area contributed by atoms with Gasteiger partial charge in [0.2, 0.25) is 0 Å². The maximum atomic E-state index is 11.7. The first-order valence-corrected chi connectivity index (χ1v) is 8.40. The quantitative estimate of drug-likeness (QED) is 0.341. The number of para-hydroxylation sites is 2. The average Bonchev–Trinajstić information content (AvgIpc) is 2.60. The minimum atomic E-state index is -0.655. The van der Waals surface area contributed by atoms with E-state index in [0.717, 1.165) is 11.8 Å². The molecule has 0 aromatic heterocycles. The zero-order chi connectivity index (χ0) is 18.2. The summed E-state index contributed by atoms with van der Waals surface area (Å²) in [4.78, 5) is 34.2. The Bertz CT molecular complexity index is 800. The van der Waals surface area contributed by atoms with Gasteiger partial charge in [-0.2, -0.15) is 0 Å². The highest BCUT2D eigenvalue weighted by molar-refractivity contribution is 8.00. The Morgan fingerprint density at radius 2 is 1.84 bits per heavy atom. The molecule has 0 saturated carbocycles. The Morgan fingerprint density at radius 1 is 1.16 bits per heavy atom. The number of nitrogens with one attached hydrogen (secondary N) is 1. The van der Waals surface area contributed by atoms with Crippen molar-refractivity contribution in [3.63, 3.8) is 0 Å². The van der Waals surface area contributed by atoms with E-state index in [-0.39, 0.29) is 11.4 Å². The summed E-state index contributed by atoms with van der Waals surface area (Å²) < 4.78 is 4.85. The van der Waals surface area contributed by atoms with Crippen LogP contribution in [0.25, 0.3) is 0 Å². The first-order valence-electron chi connectivity index (χ1n) is 7.03. The SMILES string of the molecule is O=C(COC(=O)CSc1ccccc1[N+](=O)[O-])Nc1ccccc1Cl. The Morgan fingerprint density at radius 3 is 2.56 bits per heavy atom. The van der Waals surface area contributed by atoms with Crippen LogP contribution in [-0.2, 0) is 14.3 Å². The predicted molar refractivity (Wildman–Crippen MR) is 94.9 cm³/mol. The first kappa shape index (κ1) is 18.8. The Balaban J connectivity index is 1.80. The minimum absolute atomic E-state index is 0.0863. The van der Waals surface area contributed by atoms with Crippen molar-refractivity contribution in [2.45, 2.75) is 4.90 Å². The fourth-order valence-corrected chi connectivity index (χ4v) is 2.81. The van der Waals surface area contributed by atoms with Crippen LogP contribution in [0.3, 0.4) is 0 Å². The number of benzene rings is 2. The monoisotopic (exact) mass is 380 g/mol. The molecule has 0 atom stereocenters. The molecule has 130 valence electrons. The van der Waals surface area contributed by atoms with Crippen molar-refractivity contribution in [3.05, 3.63) is 63.7 Å². The van der Waals surface area contributed by atoms with E-state index in [2.05, 4.69) is 5.32 Å². The van der Waals surface area contributed by atoms with Gasteiger partial charge in [0, 0.05) is 6.07 Å². The lowest BCUT2D eigenvalue weighted by molar-refractivity contribution is -0.387. The summed E-state index contributed by atoms with van der Waals surface area (Å²) in [5.74, 6) is -1.33. The van der Waals surface area contributed by atoms with Gasteiger partial charge >= 0.3 is 5.97 Å². The number of nitrogens with zero attached hydrogens (tertiary/aromatic N) is 1. The molecule has 0 unspecified atom stereocenters. The molecule has 2 aromatic carbocycles. The lowest BCUT2D eigenvalue weighted by atomic mass is 10.3. The van der Waals surface area contributed by atoms with Gasteiger partial charge in [0.1, 0.15) is 0 Å².